The van der Waals surface area contributed by atoms with Crippen molar-refractivity contribution in [2.45, 2.75) is 0 Å². The molecule has 6 heteroatoms. The van der Waals surface area contributed by atoms with Crippen LogP contribution in [0.15, 0.2) is 42.5 Å². The van der Waals surface area contributed by atoms with Gasteiger partial charge in [0.2, 0.25) is 0 Å². The lowest BCUT2D eigenvalue weighted by atomic mass is 10.3. The van der Waals surface area contributed by atoms with E-state index in [4.69, 9.17) is 22.1 Å². The van der Waals surface area contributed by atoms with Crippen molar-refractivity contribution in [2.75, 3.05) is 23.5 Å². The van der Waals surface area contributed by atoms with Crippen LogP contribution in [0.1, 0.15) is 0 Å². The Kier molecular flexibility index (Phi) is 4.32. The quantitative estimate of drug-likeness (QED) is 0.757. The lowest BCUT2D eigenvalue weighted by molar-refractivity contribution is 0.262. The Labute approximate surface area is 121 Å². The van der Waals surface area contributed by atoms with E-state index in [9.17, 15) is 4.79 Å². The van der Waals surface area contributed by atoms with Gasteiger partial charge in [0.05, 0.1) is 12.1 Å². The molecule has 0 bridgehead atoms. The van der Waals surface area contributed by atoms with E-state index in [0.717, 1.165) is 0 Å². The third kappa shape index (κ3) is 3.55. The van der Waals surface area contributed by atoms with Gasteiger partial charge in [0.15, 0.2) is 0 Å². The van der Waals surface area contributed by atoms with E-state index in [1.54, 1.807) is 42.5 Å². The summed E-state index contributed by atoms with van der Waals surface area (Å²) >= 11 is 5.98. The van der Waals surface area contributed by atoms with Gasteiger partial charge < -0.3 is 21.1 Å². The van der Waals surface area contributed by atoms with Gasteiger partial charge in [0, 0.05) is 17.1 Å². The SMILES string of the molecule is COc1ccc(NC(=O)Nc2ccc(N)cc2)cc1Cl. The molecule has 0 aliphatic carbocycles. The van der Waals surface area contributed by atoms with Crippen LogP contribution in [0.25, 0.3) is 0 Å². The Hall–Kier alpha value is -2.40. The van der Waals surface area contributed by atoms with Crippen molar-refractivity contribution in [3.8, 4) is 5.75 Å². The standard InChI is InChI=1S/C14H14ClN3O2/c1-20-13-7-6-11(8-12(13)15)18-14(19)17-10-4-2-9(16)3-5-10/h2-8H,16H2,1H3,(H2,17,18,19). The summed E-state index contributed by atoms with van der Waals surface area (Å²) in [5.41, 5.74) is 7.43. The Bertz CT molecular complexity index is 614. The molecule has 0 aliphatic rings. The Morgan fingerprint density at radius 3 is 2.30 bits per heavy atom. The van der Waals surface area contributed by atoms with Gasteiger partial charge in [0.1, 0.15) is 5.75 Å². The van der Waals surface area contributed by atoms with Crippen LogP contribution in [-0.4, -0.2) is 13.1 Å². The van der Waals surface area contributed by atoms with Gasteiger partial charge in [-0.25, -0.2) is 4.79 Å². The summed E-state index contributed by atoms with van der Waals surface area (Å²) in [5.74, 6) is 0.552. The zero-order valence-electron chi connectivity index (χ0n) is 10.8. The number of carbonyl (C=O) groups excluding carboxylic acids is 1. The van der Waals surface area contributed by atoms with Crippen molar-refractivity contribution in [1.82, 2.24) is 0 Å². The van der Waals surface area contributed by atoms with Gasteiger partial charge in [-0.05, 0) is 42.5 Å². The zero-order valence-corrected chi connectivity index (χ0v) is 11.6. The minimum atomic E-state index is -0.365. The average molecular weight is 292 g/mol. The number of urea groups is 1. The summed E-state index contributed by atoms with van der Waals surface area (Å²) in [5, 5.41) is 5.79. The van der Waals surface area contributed by atoms with Crippen LogP contribution in [0, 0.1) is 0 Å². The maximum atomic E-state index is 11.8. The van der Waals surface area contributed by atoms with Gasteiger partial charge in [-0.3, -0.25) is 0 Å². The van der Waals surface area contributed by atoms with Crippen LogP contribution in [0.2, 0.25) is 5.02 Å². The molecule has 4 N–H and O–H groups in total. The molecule has 2 rings (SSSR count). The number of amides is 2. The maximum Gasteiger partial charge on any atom is 0.323 e. The first-order chi connectivity index (χ1) is 9.58. The fourth-order valence-electron chi connectivity index (χ4n) is 1.60. The van der Waals surface area contributed by atoms with Crippen molar-refractivity contribution >= 4 is 34.7 Å². The normalized spacial score (nSPS) is 9.90. The van der Waals surface area contributed by atoms with Gasteiger partial charge >= 0.3 is 6.03 Å². The number of rotatable bonds is 3. The molecule has 0 saturated heterocycles. The highest BCUT2D eigenvalue weighted by molar-refractivity contribution is 6.32. The predicted molar refractivity (Wildman–Crippen MR) is 81.5 cm³/mol. The molecule has 104 valence electrons. The fourth-order valence-corrected chi connectivity index (χ4v) is 1.86. The number of nitrogen functional groups attached to an aromatic ring is 1. The second kappa shape index (κ2) is 6.16. The molecule has 0 spiro atoms. The molecule has 0 aromatic heterocycles. The number of benzene rings is 2. The van der Waals surface area contributed by atoms with Crippen LogP contribution < -0.4 is 21.1 Å². The van der Waals surface area contributed by atoms with E-state index in [-0.39, 0.29) is 6.03 Å². The summed E-state index contributed by atoms with van der Waals surface area (Å²) in [6.07, 6.45) is 0. The minimum Gasteiger partial charge on any atom is -0.495 e. The van der Waals surface area contributed by atoms with E-state index < -0.39 is 0 Å². The lowest BCUT2D eigenvalue weighted by Crippen LogP contribution is -2.19. The number of hydrogen-bond donors (Lipinski definition) is 3. The highest BCUT2D eigenvalue weighted by atomic mass is 35.5. The molecule has 2 aromatic carbocycles. The van der Waals surface area contributed by atoms with Gasteiger partial charge in [-0.1, -0.05) is 11.6 Å². The molecule has 0 heterocycles. The van der Waals surface area contributed by atoms with Crippen molar-refractivity contribution < 1.29 is 9.53 Å². The molecule has 0 atom stereocenters. The molecule has 0 saturated carbocycles. The average Bonchev–Trinajstić information content (AvgIpc) is 2.41. The van der Waals surface area contributed by atoms with Gasteiger partial charge in [0.25, 0.3) is 0 Å². The van der Waals surface area contributed by atoms with Crippen molar-refractivity contribution in [1.29, 1.82) is 0 Å². The number of anilines is 3. The monoisotopic (exact) mass is 291 g/mol. The van der Waals surface area contributed by atoms with Crippen molar-refractivity contribution in [3.05, 3.63) is 47.5 Å². The van der Waals surface area contributed by atoms with Crippen LogP contribution >= 0.6 is 11.6 Å². The summed E-state index contributed by atoms with van der Waals surface area (Å²) in [4.78, 5) is 11.8. The van der Waals surface area contributed by atoms with E-state index in [2.05, 4.69) is 10.6 Å². The van der Waals surface area contributed by atoms with E-state index in [1.807, 2.05) is 0 Å². The summed E-state index contributed by atoms with van der Waals surface area (Å²) in [6, 6.07) is 11.5. The van der Waals surface area contributed by atoms with E-state index >= 15 is 0 Å². The summed E-state index contributed by atoms with van der Waals surface area (Å²) in [7, 11) is 1.53. The second-order valence-electron chi connectivity index (χ2n) is 4.05. The first-order valence-electron chi connectivity index (χ1n) is 5.85. The summed E-state index contributed by atoms with van der Waals surface area (Å²) in [6.45, 7) is 0. The topological polar surface area (TPSA) is 76.4 Å². The third-order valence-electron chi connectivity index (χ3n) is 2.58. The Morgan fingerprint density at radius 2 is 1.70 bits per heavy atom. The number of nitrogens with one attached hydrogen (secondary N) is 2. The van der Waals surface area contributed by atoms with E-state index in [1.165, 1.54) is 7.11 Å². The third-order valence-corrected chi connectivity index (χ3v) is 2.87. The van der Waals surface area contributed by atoms with Crippen molar-refractivity contribution in [3.63, 3.8) is 0 Å². The molecule has 0 unspecified atom stereocenters. The number of hydrogen-bond acceptors (Lipinski definition) is 3. The van der Waals surface area contributed by atoms with Crippen LogP contribution in [0.4, 0.5) is 21.9 Å². The molecule has 5 nitrogen and oxygen atoms in total. The highest BCUT2D eigenvalue weighted by Gasteiger charge is 2.05. The Balaban J connectivity index is 2.01. The smallest absolute Gasteiger partial charge is 0.323 e. The molecular weight excluding hydrogens is 278 g/mol. The molecule has 20 heavy (non-hydrogen) atoms. The summed E-state index contributed by atoms with van der Waals surface area (Å²) < 4.78 is 5.04. The predicted octanol–water partition coefficient (Wildman–Crippen LogP) is 3.57. The maximum absolute atomic E-state index is 11.8. The number of methoxy groups -OCH3 is 1. The Morgan fingerprint density at radius 1 is 1.10 bits per heavy atom. The molecule has 0 aliphatic heterocycles. The van der Waals surface area contributed by atoms with Crippen LogP contribution in [0.5, 0.6) is 5.75 Å². The molecule has 2 aromatic rings. The first-order valence-corrected chi connectivity index (χ1v) is 6.23. The number of carbonyl (C=O) groups is 1. The van der Waals surface area contributed by atoms with Crippen LogP contribution in [-0.2, 0) is 0 Å². The second-order valence-corrected chi connectivity index (χ2v) is 4.46. The highest BCUT2D eigenvalue weighted by Crippen LogP contribution is 2.27. The molecular formula is C14H14ClN3O2. The molecule has 2 amide bonds. The first kappa shape index (κ1) is 14.0. The zero-order chi connectivity index (χ0) is 14.5. The largest absolute Gasteiger partial charge is 0.495 e. The van der Waals surface area contributed by atoms with Gasteiger partial charge in [-0.2, -0.15) is 0 Å². The number of nitrogens with two attached hydrogens (primary N) is 1. The molecule has 0 fully saturated rings. The number of halogens is 1. The fraction of sp³-hybridized carbons (Fsp3) is 0.0714. The lowest BCUT2D eigenvalue weighted by Gasteiger charge is -2.09. The number of ether oxygens (including phenoxy) is 1. The minimum absolute atomic E-state index is 0.365. The van der Waals surface area contributed by atoms with E-state index in [0.29, 0.717) is 27.8 Å². The van der Waals surface area contributed by atoms with Crippen LogP contribution in [0.3, 0.4) is 0 Å². The molecule has 0 radical (unpaired) electrons. The van der Waals surface area contributed by atoms with Gasteiger partial charge in [-0.15, -0.1) is 0 Å². The van der Waals surface area contributed by atoms with Crippen molar-refractivity contribution in [2.24, 2.45) is 0 Å².